The van der Waals surface area contributed by atoms with Crippen LogP contribution in [0.15, 0.2) is 46.4 Å². The van der Waals surface area contributed by atoms with E-state index < -0.39 is 0 Å². The third kappa shape index (κ3) is 0.877. The molecule has 0 fully saturated rings. The van der Waals surface area contributed by atoms with Gasteiger partial charge in [-0.05, 0) is 18.2 Å². The average Bonchev–Trinajstić information content (AvgIpc) is 2.92. The molecule has 2 aromatic carbocycles. The SMILES string of the molecule is c1ccc2c(c1)N=c1c-2ccc2c1=NCO2. The van der Waals surface area contributed by atoms with Crippen LogP contribution in [-0.4, -0.2) is 6.73 Å². The van der Waals surface area contributed by atoms with Gasteiger partial charge < -0.3 is 4.74 Å². The lowest BCUT2D eigenvalue weighted by molar-refractivity contribution is 0.352. The van der Waals surface area contributed by atoms with Crippen LogP contribution in [0, 0.1) is 0 Å². The van der Waals surface area contributed by atoms with E-state index in [1.54, 1.807) is 0 Å². The van der Waals surface area contributed by atoms with Crippen molar-refractivity contribution in [3.63, 3.8) is 0 Å². The van der Waals surface area contributed by atoms with Crippen LogP contribution in [0.4, 0.5) is 5.69 Å². The first kappa shape index (κ1) is 8.05. The van der Waals surface area contributed by atoms with E-state index in [1.807, 2.05) is 24.3 Å². The molecular formula is C13H8N2O. The predicted molar refractivity (Wildman–Crippen MR) is 59.3 cm³/mol. The maximum Gasteiger partial charge on any atom is 0.180 e. The van der Waals surface area contributed by atoms with Crippen LogP contribution in [-0.2, 0) is 0 Å². The molecule has 0 atom stereocenters. The Morgan fingerprint density at radius 3 is 2.88 bits per heavy atom. The number of ether oxygens (including phenoxy) is 1. The van der Waals surface area contributed by atoms with Crippen molar-refractivity contribution in [1.82, 2.24) is 0 Å². The normalized spacial score (nSPS) is 14.2. The topological polar surface area (TPSA) is 34.0 Å². The molecule has 2 aliphatic heterocycles. The molecule has 2 aliphatic rings. The first-order valence-corrected chi connectivity index (χ1v) is 5.22. The Labute approximate surface area is 91.7 Å². The summed E-state index contributed by atoms with van der Waals surface area (Å²) in [5, 5.41) is 1.85. The summed E-state index contributed by atoms with van der Waals surface area (Å²) in [6.07, 6.45) is 0. The Morgan fingerprint density at radius 1 is 0.938 bits per heavy atom. The second kappa shape index (κ2) is 2.70. The van der Waals surface area contributed by atoms with Crippen LogP contribution in [0.1, 0.15) is 0 Å². The van der Waals surface area contributed by atoms with E-state index in [1.165, 1.54) is 5.56 Å². The van der Waals surface area contributed by atoms with Crippen molar-refractivity contribution in [3.8, 4) is 16.9 Å². The summed E-state index contributed by atoms with van der Waals surface area (Å²) in [6, 6.07) is 12.2. The van der Waals surface area contributed by atoms with Crippen molar-refractivity contribution in [1.29, 1.82) is 0 Å². The van der Waals surface area contributed by atoms with E-state index in [4.69, 9.17) is 4.74 Å². The maximum atomic E-state index is 5.40. The molecule has 76 valence electrons. The highest BCUT2D eigenvalue weighted by Crippen LogP contribution is 2.31. The monoisotopic (exact) mass is 208 g/mol. The van der Waals surface area contributed by atoms with Gasteiger partial charge in [-0.15, -0.1) is 0 Å². The Balaban J connectivity index is 2.19. The molecule has 2 heterocycles. The predicted octanol–water partition coefficient (Wildman–Crippen LogP) is 1.59. The van der Waals surface area contributed by atoms with Gasteiger partial charge in [0.2, 0.25) is 0 Å². The Bertz CT molecular complexity index is 719. The zero-order chi connectivity index (χ0) is 10.5. The molecule has 4 rings (SSSR count). The molecule has 0 N–H and O–H groups in total. The number of hydrogen-bond acceptors (Lipinski definition) is 3. The van der Waals surface area contributed by atoms with Gasteiger partial charge in [-0.1, -0.05) is 18.2 Å². The smallest absolute Gasteiger partial charge is 0.180 e. The van der Waals surface area contributed by atoms with Gasteiger partial charge in [-0.3, -0.25) is 0 Å². The highest BCUT2D eigenvalue weighted by molar-refractivity contribution is 5.79. The summed E-state index contributed by atoms with van der Waals surface area (Å²) in [5.41, 5.74) is 3.36. The van der Waals surface area contributed by atoms with E-state index in [0.29, 0.717) is 6.73 Å². The van der Waals surface area contributed by atoms with Gasteiger partial charge in [0.05, 0.1) is 5.69 Å². The Kier molecular flexibility index (Phi) is 1.36. The fourth-order valence-corrected chi connectivity index (χ4v) is 2.25. The second-order valence-corrected chi connectivity index (χ2v) is 3.87. The van der Waals surface area contributed by atoms with Crippen LogP contribution in [0.3, 0.4) is 0 Å². The quantitative estimate of drug-likeness (QED) is 0.552. The van der Waals surface area contributed by atoms with Gasteiger partial charge >= 0.3 is 0 Å². The molecule has 0 spiro atoms. The third-order valence-corrected chi connectivity index (χ3v) is 2.98. The van der Waals surface area contributed by atoms with Crippen LogP contribution < -0.4 is 15.5 Å². The molecule has 0 saturated heterocycles. The van der Waals surface area contributed by atoms with Gasteiger partial charge in [0.1, 0.15) is 16.5 Å². The minimum Gasteiger partial charge on any atom is -0.469 e. The standard InChI is InChI=1S/C13H8N2O/c1-2-4-10-8(3-1)9-5-6-11-13(12(9)15-10)14-7-16-11/h1-6H,7H2. The molecule has 2 aromatic rings. The summed E-state index contributed by atoms with van der Waals surface area (Å²) in [7, 11) is 0. The van der Waals surface area contributed by atoms with E-state index in [-0.39, 0.29) is 0 Å². The highest BCUT2D eigenvalue weighted by Gasteiger charge is 2.17. The van der Waals surface area contributed by atoms with Crippen molar-refractivity contribution in [2.24, 2.45) is 9.98 Å². The van der Waals surface area contributed by atoms with Crippen molar-refractivity contribution in [2.45, 2.75) is 0 Å². The van der Waals surface area contributed by atoms with Crippen LogP contribution >= 0.6 is 0 Å². The van der Waals surface area contributed by atoms with Crippen LogP contribution in [0.25, 0.3) is 11.1 Å². The maximum absolute atomic E-state index is 5.40. The Morgan fingerprint density at radius 2 is 1.88 bits per heavy atom. The fourth-order valence-electron chi connectivity index (χ4n) is 2.25. The van der Waals surface area contributed by atoms with Gasteiger partial charge in [0, 0.05) is 11.1 Å². The van der Waals surface area contributed by atoms with Crippen LogP contribution in [0.2, 0.25) is 0 Å². The summed E-state index contributed by atoms with van der Waals surface area (Å²) < 4.78 is 5.40. The lowest BCUT2D eigenvalue weighted by Gasteiger charge is -1.98. The fraction of sp³-hybridized carbons (Fsp3) is 0.0769. The van der Waals surface area contributed by atoms with Gasteiger partial charge in [0.15, 0.2) is 6.73 Å². The van der Waals surface area contributed by atoms with Crippen molar-refractivity contribution < 1.29 is 4.74 Å². The van der Waals surface area contributed by atoms with E-state index in [0.717, 1.165) is 27.7 Å². The molecule has 0 radical (unpaired) electrons. The average molecular weight is 208 g/mol. The molecule has 0 aromatic heterocycles. The minimum atomic E-state index is 0.414. The minimum absolute atomic E-state index is 0.414. The van der Waals surface area contributed by atoms with E-state index >= 15 is 0 Å². The van der Waals surface area contributed by atoms with Gasteiger partial charge in [0.25, 0.3) is 0 Å². The number of hydrogen-bond donors (Lipinski definition) is 0. The van der Waals surface area contributed by atoms with E-state index in [9.17, 15) is 0 Å². The summed E-state index contributed by atoms with van der Waals surface area (Å²) in [4.78, 5) is 8.95. The number of fused-ring (bicyclic) bond motifs is 5. The Hall–Kier alpha value is -2.16. The van der Waals surface area contributed by atoms with E-state index in [2.05, 4.69) is 22.1 Å². The molecule has 3 heteroatoms. The first-order chi connectivity index (χ1) is 7.93. The molecular weight excluding hydrogens is 200 g/mol. The van der Waals surface area contributed by atoms with Gasteiger partial charge in [-0.25, -0.2) is 9.98 Å². The largest absolute Gasteiger partial charge is 0.469 e. The number of rotatable bonds is 0. The summed E-state index contributed by atoms with van der Waals surface area (Å²) in [5.74, 6) is 0.843. The number of para-hydroxylation sites is 1. The van der Waals surface area contributed by atoms with Gasteiger partial charge in [-0.2, -0.15) is 0 Å². The first-order valence-electron chi connectivity index (χ1n) is 5.22. The number of nitrogens with zero attached hydrogens (tertiary/aromatic N) is 2. The molecule has 0 saturated carbocycles. The lowest BCUT2D eigenvalue weighted by Crippen LogP contribution is -2.23. The van der Waals surface area contributed by atoms with Crippen molar-refractivity contribution >= 4 is 5.69 Å². The lowest BCUT2D eigenvalue weighted by atomic mass is 10.1. The third-order valence-electron chi connectivity index (χ3n) is 2.98. The van der Waals surface area contributed by atoms with Crippen LogP contribution in [0.5, 0.6) is 5.75 Å². The summed E-state index contributed by atoms with van der Waals surface area (Å²) >= 11 is 0. The zero-order valence-corrected chi connectivity index (χ0v) is 8.47. The summed E-state index contributed by atoms with van der Waals surface area (Å²) in [6.45, 7) is 0.414. The molecule has 0 unspecified atom stereocenters. The molecule has 16 heavy (non-hydrogen) atoms. The molecule has 0 aliphatic carbocycles. The second-order valence-electron chi connectivity index (χ2n) is 3.87. The van der Waals surface area contributed by atoms with Crippen molar-refractivity contribution in [2.75, 3.05) is 6.73 Å². The molecule has 0 amide bonds. The number of benzene rings is 2. The molecule has 3 nitrogen and oxygen atoms in total. The van der Waals surface area contributed by atoms with Crippen molar-refractivity contribution in [3.05, 3.63) is 47.1 Å². The highest BCUT2D eigenvalue weighted by atomic mass is 16.5. The molecule has 0 bridgehead atoms. The zero-order valence-electron chi connectivity index (χ0n) is 8.47.